The van der Waals surface area contributed by atoms with E-state index in [-0.39, 0.29) is 0 Å². The van der Waals surface area contributed by atoms with E-state index < -0.39 is 11.7 Å². The molecule has 0 unspecified atom stereocenters. The first-order valence-electron chi connectivity index (χ1n) is 8.17. The summed E-state index contributed by atoms with van der Waals surface area (Å²) < 4.78 is 14.8. The Morgan fingerprint density at radius 1 is 1.19 bits per heavy atom. The highest BCUT2D eigenvalue weighted by atomic mass is 19.1. The Morgan fingerprint density at radius 2 is 2.07 bits per heavy atom. The highest BCUT2D eigenvalue weighted by Crippen LogP contribution is 2.22. The molecule has 0 saturated carbocycles. The molecule has 0 aliphatic carbocycles. The first kappa shape index (κ1) is 16.6. The molecule has 8 heteroatoms. The van der Waals surface area contributed by atoms with Crippen LogP contribution in [0.2, 0.25) is 0 Å². The zero-order chi connectivity index (χ0) is 18.8. The van der Waals surface area contributed by atoms with E-state index in [4.69, 9.17) is 0 Å². The molecular formula is C19H15FN6O. The lowest BCUT2D eigenvalue weighted by molar-refractivity contribution is 0.102. The number of anilines is 3. The van der Waals surface area contributed by atoms with Gasteiger partial charge in [-0.3, -0.25) is 9.78 Å². The highest BCUT2D eigenvalue weighted by Gasteiger charge is 2.16. The fourth-order valence-corrected chi connectivity index (χ4v) is 2.66. The van der Waals surface area contributed by atoms with Crippen molar-refractivity contribution in [1.82, 2.24) is 19.6 Å². The van der Waals surface area contributed by atoms with E-state index in [9.17, 15) is 9.18 Å². The Bertz CT molecular complexity index is 1110. The van der Waals surface area contributed by atoms with Crippen molar-refractivity contribution >= 4 is 28.7 Å². The normalized spacial score (nSPS) is 10.7. The Morgan fingerprint density at radius 3 is 2.85 bits per heavy atom. The number of hydrogen-bond acceptors (Lipinski definition) is 5. The van der Waals surface area contributed by atoms with Crippen LogP contribution in [0.15, 0.2) is 67.3 Å². The zero-order valence-corrected chi connectivity index (χ0v) is 14.4. The van der Waals surface area contributed by atoms with Crippen molar-refractivity contribution in [1.29, 1.82) is 0 Å². The Kier molecular flexibility index (Phi) is 4.21. The minimum absolute atomic E-state index is 0.292. The zero-order valence-electron chi connectivity index (χ0n) is 14.4. The second-order valence-electron chi connectivity index (χ2n) is 5.85. The summed E-state index contributed by atoms with van der Waals surface area (Å²) in [7, 11) is 1.86. The van der Waals surface area contributed by atoms with Crippen LogP contribution in [0.3, 0.4) is 0 Å². The molecule has 1 N–H and O–H groups in total. The lowest BCUT2D eigenvalue weighted by atomic mass is 10.2. The summed E-state index contributed by atoms with van der Waals surface area (Å²) in [6.07, 6.45) is 6.58. The van der Waals surface area contributed by atoms with Gasteiger partial charge in [0.15, 0.2) is 5.65 Å². The van der Waals surface area contributed by atoms with E-state index in [1.807, 2.05) is 24.1 Å². The Hall–Kier alpha value is -3.81. The first-order chi connectivity index (χ1) is 13.1. The van der Waals surface area contributed by atoms with Crippen molar-refractivity contribution in [3.63, 3.8) is 0 Å². The molecule has 3 aromatic heterocycles. The van der Waals surface area contributed by atoms with E-state index in [2.05, 4.69) is 20.4 Å². The number of rotatable bonds is 4. The SMILES string of the molecule is CN(c1cccnc1)c1ccn2ncc(C(=O)Nc3cccc(F)c3)c2n1. The van der Waals surface area contributed by atoms with Crippen molar-refractivity contribution in [2.45, 2.75) is 0 Å². The molecule has 1 aromatic carbocycles. The van der Waals surface area contributed by atoms with Gasteiger partial charge in [-0.25, -0.2) is 13.9 Å². The van der Waals surface area contributed by atoms with Gasteiger partial charge in [0.1, 0.15) is 17.2 Å². The van der Waals surface area contributed by atoms with Crippen LogP contribution in [-0.2, 0) is 0 Å². The van der Waals surface area contributed by atoms with Crippen LogP contribution in [0.5, 0.6) is 0 Å². The van der Waals surface area contributed by atoms with Crippen molar-refractivity contribution < 1.29 is 9.18 Å². The van der Waals surface area contributed by atoms with E-state index in [1.165, 1.54) is 28.9 Å². The molecule has 1 amide bonds. The second-order valence-corrected chi connectivity index (χ2v) is 5.85. The van der Waals surface area contributed by atoms with E-state index >= 15 is 0 Å². The van der Waals surface area contributed by atoms with Gasteiger partial charge in [-0.2, -0.15) is 5.10 Å². The Labute approximate surface area is 154 Å². The highest BCUT2D eigenvalue weighted by molar-refractivity contribution is 6.08. The number of carbonyl (C=O) groups is 1. The number of fused-ring (bicyclic) bond motifs is 1. The Balaban J connectivity index is 1.67. The number of aromatic nitrogens is 4. The summed E-state index contributed by atoms with van der Waals surface area (Å²) >= 11 is 0. The average molecular weight is 362 g/mol. The monoisotopic (exact) mass is 362 g/mol. The van der Waals surface area contributed by atoms with Crippen molar-refractivity contribution in [3.8, 4) is 0 Å². The van der Waals surface area contributed by atoms with Crippen LogP contribution in [-0.4, -0.2) is 32.5 Å². The van der Waals surface area contributed by atoms with Gasteiger partial charge in [-0.15, -0.1) is 0 Å². The summed E-state index contributed by atoms with van der Waals surface area (Å²) in [6, 6.07) is 11.2. The molecule has 4 aromatic rings. The number of halogens is 1. The topological polar surface area (TPSA) is 75.4 Å². The molecule has 0 fully saturated rings. The van der Waals surface area contributed by atoms with Gasteiger partial charge in [0, 0.05) is 25.1 Å². The molecule has 134 valence electrons. The maximum Gasteiger partial charge on any atom is 0.261 e. The third-order valence-electron chi connectivity index (χ3n) is 4.06. The molecule has 0 aliphatic heterocycles. The summed E-state index contributed by atoms with van der Waals surface area (Å²) in [5.74, 6) is -0.203. The summed E-state index contributed by atoms with van der Waals surface area (Å²) in [5.41, 5.74) is 1.92. The smallest absolute Gasteiger partial charge is 0.261 e. The number of carbonyl (C=O) groups excluding carboxylic acids is 1. The number of hydrogen-bond donors (Lipinski definition) is 1. The van der Waals surface area contributed by atoms with E-state index in [1.54, 1.807) is 30.7 Å². The predicted octanol–water partition coefficient (Wildman–Crippen LogP) is 3.28. The first-order valence-corrected chi connectivity index (χ1v) is 8.17. The van der Waals surface area contributed by atoms with Crippen LogP contribution in [0.1, 0.15) is 10.4 Å². The summed E-state index contributed by atoms with van der Waals surface area (Å²) in [5, 5.41) is 6.82. The van der Waals surface area contributed by atoms with Crippen molar-refractivity contribution in [2.75, 3.05) is 17.3 Å². The minimum atomic E-state index is -0.425. The van der Waals surface area contributed by atoms with Crippen LogP contribution < -0.4 is 10.2 Å². The maximum absolute atomic E-state index is 13.3. The molecule has 7 nitrogen and oxygen atoms in total. The standard InChI is InChI=1S/C19H15FN6O/c1-25(15-6-3-8-21-11-15)17-7-9-26-18(24-17)16(12-22-26)19(27)23-14-5-2-4-13(20)10-14/h2-12H,1H3,(H,23,27). The van der Waals surface area contributed by atoms with E-state index in [0.29, 0.717) is 22.7 Å². The van der Waals surface area contributed by atoms with Crippen LogP contribution in [0.25, 0.3) is 5.65 Å². The van der Waals surface area contributed by atoms with Gasteiger partial charge in [-0.05, 0) is 36.4 Å². The van der Waals surface area contributed by atoms with Crippen molar-refractivity contribution in [2.24, 2.45) is 0 Å². The number of nitrogens with one attached hydrogen (secondary N) is 1. The minimum Gasteiger partial charge on any atom is -0.328 e. The van der Waals surface area contributed by atoms with Crippen LogP contribution in [0, 0.1) is 5.82 Å². The van der Waals surface area contributed by atoms with E-state index in [0.717, 1.165) is 5.69 Å². The predicted molar refractivity (Wildman–Crippen MR) is 99.6 cm³/mol. The van der Waals surface area contributed by atoms with Gasteiger partial charge in [-0.1, -0.05) is 6.07 Å². The number of benzene rings is 1. The number of amides is 1. The third kappa shape index (κ3) is 3.32. The van der Waals surface area contributed by atoms with Gasteiger partial charge >= 0.3 is 0 Å². The summed E-state index contributed by atoms with van der Waals surface area (Å²) in [4.78, 5) is 23.1. The van der Waals surface area contributed by atoms with Gasteiger partial charge in [0.25, 0.3) is 5.91 Å². The molecule has 0 aliphatic rings. The number of pyridine rings is 1. The molecule has 3 heterocycles. The largest absolute Gasteiger partial charge is 0.328 e. The maximum atomic E-state index is 13.3. The van der Waals surface area contributed by atoms with Crippen molar-refractivity contribution in [3.05, 3.63) is 78.6 Å². The van der Waals surface area contributed by atoms with Gasteiger partial charge in [0.2, 0.25) is 0 Å². The molecule has 0 radical (unpaired) electrons. The lowest BCUT2D eigenvalue weighted by Crippen LogP contribution is -2.14. The molecule has 0 saturated heterocycles. The van der Waals surface area contributed by atoms with Gasteiger partial charge in [0.05, 0.1) is 18.1 Å². The molecule has 27 heavy (non-hydrogen) atoms. The molecule has 0 spiro atoms. The second kappa shape index (κ2) is 6.83. The lowest BCUT2D eigenvalue weighted by Gasteiger charge is -2.17. The van der Waals surface area contributed by atoms with Crippen LogP contribution >= 0.6 is 0 Å². The number of nitrogens with zero attached hydrogens (tertiary/aromatic N) is 5. The third-order valence-corrected chi connectivity index (χ3v) is 4.06. The average Bonchev–Trinajstić information content (AvgIpc) is 3.11. The molecule has 4 rings (SSSR count). The molecular weight excluding hydrogens is 347 g/mol. The summed E-state index contributed by atoms with van der Waals surface area (Å²) in [6.45, 7) is 0. The fraction of sp³-hybridized carbons (Fsp3) is 0.0526. The van der Waals surface area contributed by atoms with Crippen LogP contribution in [0.4, 0.5) is 21.6 Å². The molecule has 0 bridgehead atoms. The molecule has 0 atom stereocenters. The quantitative estimate of drug-likeness (QED) is 0.603. The fourth-order valence-electron chi connectivity index (χ4n) is 2.66. The van der Waals surface area contributed by atoms with Gasteiger partial charge < -0.3 is 10.2 Å².